The summed E-state index contributed by atoms with van der Waals surface area (Å²) in [4.78, 5) is 0. The van der Waals surface area contributed by atoms with Gasteiger partial charge in [-0.2, -0.15) is 5.26 Å². The van der Waals surface area contributed by atoms with Crippen LogP contribution >= 0.6 is 0 Å². The Morgan fingerprint density at radius 3 is 2.33 bits per heavy atom. The second kappa shape index (κ2) is 2.76. The van der Waals surface area contributed by atoms with E-state index in [1.807, 2.05) is 0 Å². The molecular weight excluding hydrogens is 146 g/mol. The third kappa shape index (κ3) is 1.80. The summed E-state index contributed by atoms with van der Waals surface area (Å²) < 4.78 is 0. The lowest BCUT2D eigenvalue weighted by molar-refractivity contribution is 0.266. The number of hydrogen-bond donors (Lipinski definition) is 0. The Labute approximate surface area is 75.8 Å². The van der Waals surface area contributed by atoms with Gasteiger partial charge in [-0.25, -0.2) is 0 Å². The zero-order valence-electron chi connectivity index (χ0n) is 8.65. The second-order valence-corrected chi connectivity index (χ2v) is 5.44. The second-order valence-electron chi connectivity index (χ2n) is 5.44. The molecule has 0 heterocycles. The van der Waals surface area contributed by atoms with Gasteiger partial charge in [-0.15, -0.1) is 0 Å². The van der Waals surface area contributed by atoms with Crippen LogP contribution in [0.3, 0.4) is 0 Å². The smallest absolute Gasteiger partial charge is 0.0686 e. The Hall–Kier alpha value is -0.510. The van der Waals surface area contributed by atoms with Gasteiger partial charge in [0.25, 0.3) is 0 Å². The highest BCUT2D eigenvalue weighted by atomic mass is 14.5. The van der Waals surface area contributed by atoms with Crippen LogP contribution in [0, 0.1) is 28.1 Å². The highest BCUT2D eigenvalue weighted by Crippen LogP contribution is 2.48. The topological polar surface area (TPSA) is 23.8 Å². The molecule has 1 aliphatic carbocycles. The standard InChI is InChI=1S/C11H19N/c1-10(2)6-5-9(7-10)11(3,4)8-12/h9H,5-7H2,1-4H3. The Morgan fingerprint density at radius 1 is 1.42 bits per heavy atom. The van der Waals surface area contributed by atoms with Crippen LogP contribution in [0.25, 0.3) is 0 Å². The molecule has 0 N–H and O–H groups in total. The fraction of sp³-hybridized carbons (Fsp3) is 0.909. The molecule has 0 bridgehead atoms. The van der Waals surface area contributed by atoms with Gasteiger partial charge >= 0.3 is 0 Å². The molecule has 0 aromatic carbocycles. The zero-order valence-corrected chi connectivity index (χ0v) is 8.65. The normalized spacial score (nSPS) is 28.4. The molecule has 68 valence electrons. The molecule has 0 amide bonds. The van der Waals surface area contributed by atoms with E-state index in [0.29, 0.717) is 11.3 Å². The minimum absolute atomic E-state index is 0.117. The van der Waals surface area contributed by atoms with Gasteiger partial charge in [0, 0.05) is 0 Å². The van der Waals surface area contributed by atoms with Crippen molar-refractivity contribution in [3.05, 3.63) is 0 Å². The van der Waals surface area contributed by atoms with Crippen molar-refractivity contribution in [1.82, 2.24) is 0 Å². The maximum atomic E-state index is 8.97. The number of rotatable bonds is 1. The van der Waals surface area contributed by atoms with Crippen molar-refractivity contribution in [2.24, 2.45) is 16.7 Å². The predicted molar refractivity (Wildman–Crippen MR) is 50.5 cm³/mol. The van der Waals surface area contributed by atoms with Crippen LogP contribution in [-0.2, 0) is 0 Å². The first-order valence-corrected chi connectivity index (χ1v) is 4.79. The summed E-state index contributed by atoms with van der Waals surface area (Å²) in [6.45, 7) is 8.75. The quantitative estimate of drug-likeness (QED) is 0.584. The monoisotopic (exact) mass is 165 g/mol. The molecule has 0 aromatic heterocycles. The van der Waals surface area contributed by atoms with Gasteiger partial charge in [-0.1, -0.05) is 13.8 Å². The van der Waals surface area contributed by atoms with Gasteiger partial charge in [-0.3, -0.25) is 0 Å². The van der Waals surface area contributed by atoms with Gasteiger partial charge in [-0.05, 0) is 44.4 Å². The summed E-state index contributed by atoms with van der Waals surface area (Å²) in [7, 11) is 0. The first kappa shape index (κ1) is 9.58. The molecule has 1 unspecified atom stereocenters. The first-order valence-electron chi connectivity index (χ1n) is 4.79. The Morgan fingerprint density at radius 2 is 2.00 bits per heavy atom. The number of nitrogens with zero attached hydrogens (tertiary/aromatic N) is 1. The van der Waals surface area contributed by atoms with Crippen LogP contribution < -0.4 is 0 Å². The molecule has 0 aromatic rings. The fourth-order valence-corrected chi connectivity index (χ4v) is 2.14. The van der Waals surface area contributed by atoms with E-state index < -0.39 is 0 Å². The van der Waals surface area contributed by atoms with Crippen LogP contribution in [0.5, 0.6) is 0 Å². The predicted octanol–water partition coefficient (Wildman–Crippen LogP) is 3.36. The summed E-state index contributed by atoms with van der Waals surface area (Å²) >= 11 is 0. The largest absolute Gasteiger partial charge is 0.198 e. The minimum Gasteiger partial charge on any atom is -0.198 e. The van der Waals surface area contributed by atoms with Crippen LogP contribution in [0.15, 0.2) is 0 Å². The average molecular weight is 165 g/mol. The van der Waals surface area contributed by atoms with E-state index in [4.69, 9.17) is 5.26 Å². The lowest BCUT2D eigenvalue weighted by atomic mass is 9.77. The Bertz CT molecular complexity index is 208. The van der Waals surface area contributed by atoms with Gasteiger partial charge < -0.3 is 0 Å². The van der Waals surface area contributed by atoms with Crippen molar-refractivity contribution in [1.29, 1.82) is 5.26 Å². The van der Waals surface area contributed by atoms with Crippen molar-refractivity contribution >= 4 is 0 Å². The molecule has 1 fully saturated rings. The van der Waals surface area contributed by atoms with E-state index in [2.05, 4.69) is 33.8 Å². The van der Waals surface area contributed by atoms with Crippen molar-refractivity contribution in [2.75, 3.05) is 0 Å². The number of hydrogen-bond acceptors (Lipinski definition) is 1. The molecule has 1 aliphatic rings. The summed E-state index contributed by atoms with van der Waals surface area (Å²) in [6, 6.07) is 2.42. The highest BCUT2D eigenvalue weighted by molar-refractivity contribution is 5.00. The molecule has 0 aliphatic heterocycles. The summed E-state index contributed by atoms with van der Waals surface area (Å²) in [6.07, 6.45) is 3.73. The molecule has 1 nitrogen and oxygen atoms in total. The molecule has 1 atom stereocenters. The summed E-state index contributed by atoms with van der Waals surface area (Å²) in [5, 5.41) is 8.97. The molecule has 0 radical (unpaired) electrons. The van der Waals surface area contributed by atoms with Crippen LogP contribution in [-0.4, -0.2) is 0 Å². The molecular formula is C11H19N. The van der Waals surface area contributed by atoms with E-state index in [0.717, 1.165) is 0 Å². The SMILES string of the molecule is CC1(C)CCC(C(C)(C)C#N)C1. The van der Waals surface area contributed by atoms with Gasteiger partial charge in [0.1, 0.15) is 0 Å². The van der Waals surface area contributed by atoms with Crippen LogP contribution in [0.2, 0.25) is 0 Å². The minimum atomic E-state index is -0.117. The maximum Gasteiger partial charge on any atom is 0.0686 e. The Balaban J connectivity index is 2.66. The lowest BCUT2D eigenvalue weighted by Gasteiger charge is -2.25. The van der Waals surface area contributed by atoms with Crippen molar-refractivity contribution in [2.45, 2.75) is 47.0 Å². The van der Waals surface area contributed by atoms with Crippen LogP contribution in [0.4, 0.5) is 0 Å². The fourth-order valence-electron chi connectivity index (χ4n) is 2.14. The molecule has 12 heavy (non-hydrogen) atoms. The molecule has 1 saturated carbocycles. The van der Waals surface area contributed by atoms with E-state index in [9.17, 15) is 0 Å². The van der Waals surface area contributed by atoms with Gasteiger partial charge in [0.15, 0.2) is 0 Å². The highest BCUT2D eigenvalue weighted by Gasteiger charge is 2.39. The number of nitriles is 1. The van der Waals surface area contributed by atoms with Crippen molar-refractivity contribution in [3.8, 4) is 6.07 Å². The third-order valence-corrected chi connectivity index (χ3v) is 3.28. The van der Waals surface area contributed by atoms with Gasteiger partial charge in [0.2, 0.25) is 0 Å². The molecule has 0 saturated heterocycles. The van der Waals surface area contributed by atoms with E-state index in [1.165, 1.54) is 19.3 Å². The van der Waals surface area contributed by atoms with E-state index in [-0.39, 0.29) is 5.41 Å². The lowest BCUT2D eigenvalue weighted by Crippen LogP contribution is -2.20. The van der Waals surface area contributed by atoms with E-state index >= 15 is 0 Å². The summed E-state index contributed by atoms with van der Waals surface area (Å²) in [5.74, 6) is 0.609. The van der Waals surface area contributed by atoms with Crippen LogP contribution in [0.1, 0.15) is 47.0 Å². The average Bonchev–Trinajstić information content (AvgIpc) is 2.31. The van der Waals surface area contributed by atoms with Gasteiger partial charge in [0.05, 0.1) is 11.5 Å². The molecule has 0 spiro atoms. The van der Waals surface area contributed by atoms with E-state index in [1.54, 1.807) is 0 Å². The maximum absolute atomic E-state index is 8.97. The van der Waals surface area contributed by atoms with Crippen molar-refractivity contribution in [3.63, 3.8) is 0 Å². The van der Waals surface area contributed by atoms with Crippen molar-refractivity contribution < 1.29 is 0 Å². The Kier molecular flexibility index (Phi) is 2.21. The third-order valence-electron chi connectivity index (χ3n) is 3.28. The molecule has 1 rings (SSSR count). The summed E-state index contributed by atoms with van der Waals surface area (Å²) in [5.41, 5.74) is 0.354. The zero-order chi connectivity index (χ0) is 9.41. The molecule has 1 heteroatoms. The first-order chi connectivity index (χ1) is 5.37.